The molecule has 2 aliphatic rings. The Kier molecular flexibility index (Phi) is 3.94. The minimum Gasteiger partial charge on any atom is -0.390 e. The van der Waals surface area contributed by atoms with Crippen LogP contribution in [0.4, 0.5) is 4.79 Å². The topological polar surface area (TPSA) is 61.4 Å². The molecule has 5 heteroatoms. The van der Waals surface area contributed by atoms with Crippen LogP contribution >= 0.6 is 11.6 Å². The van der Waals surface area contributed by atoms with Crippen molar-refractivity contribution in [3.63, 3.8) is 0 Å². The number of fused-ring (bicyclic) bond motifs is 1. The van der Waals surface area contributed by atoms with E-state index < -0.39 is 6.10 Å². The van der Waals surface area contributed by atoms with Gasteiger partial charge in [-0.2, -0.15) is 0 Å². The number of halogens is 1. The smallest absolute Gasteiger partial charge is 0.315 e. The highest BCUT2D eigenvalue weighted by Crippen LogP contribution is 2.41. The summed E-state index contributed by atoms with van der Waals surface area (Å²) in [5.41, 5.74) is 3.25. The second-order valence-corrected chi connectivity index (χ2v) is 7.01. The third-order valence-corrected chi connectivity index (χ3v) is 5.11. The molecule has 0 saturated heterocycles. The molecule has 0 aliphatic heterocycles. The van der Waals surface area contributed by atoms with Gasteiger partial charge in [-0.05, 0) is 35.2 Å². The van der Waals surface area contributed by atoms with Gasteiger partial charge in [-0.1, -0.05) is 48.0 Å². The van der Waals surface area contributed by atoms with Crippen molar-refractivity contribution in [3.8, 4) is 0 Å². The Balaban J connectivity index is 1.37. The highest BCUT2D eigenvalue weighted by Gasteiger charge is 2.40. The molecule has 0 heterocycles. The third kappa shape index (κ3) is 2.99. The van der Waals surface area contributed by atoms with E-state index in [4.69, 9.17) is 11.6 Å². The SMILES string of the molecule is O=C(NC1CC1c1cccc(Cl)c1)N[C@@H]1c2ccccc2C[C@@H]1O. The molecule has 2 aromatic carbocycles. The molecule has 2 aromatic rings. The van der Waals surface area contributed by atoms with Crippen molar-refractivity contribution >= 4 is 17.6 Å². The van der Waals surface area contributed by atoms with E-state index in [2.05, 4.69) is 10.6 Å². The molecular formula is C19H19ClN2O2. The molecule has 0 aromatic heterocycles. The molecule has 4 atom stereocenters. The lowest BCUT2D eigenvalue weighted by molar-refractivity contribution is 0.142. The fourth-order valence-corrected chi connectivity index (χ4v) is 3.76. The van der Waals surface area contributed by atoms with E-state index in [0.717, 1.165) is 23.1 Å². The number of benzene rings is 2. The van der Waals surface area contributed by atoms with Crippen molar-refractivity contribution < 1.29 is 9.90 Å². The summed E-state index contributed by atoms with van der Waals surface area (Å²) in [6.07, 6.45) is 0.920. The average Bonchev–Trinajstić information content (AvgIpc) is 3.25. The molecule has 2 aliphatic carbocycles. The fourth-order valence-electron chi connectivity index (χ4n) is 3.56. The number of nitrogens with one attached hydrogen (secondary N) is 2. The van der Waals surface area contributed by atoms with Crippen molar-refractivity contribution in [3.05, 3.63) is 70.2 Å². The molecule has 0 bridgehead atoms. The van der Waals surface area contributed by atoms with E-state index in [1.165, 1.54) is 0 Å². The van der Waals surface area contributed by atoms with Gasteiger partial charge in [0.1, 0.15) is 0 Å². The number of urea groups is 1. The van der Waals surface area contributed by atoms with E-state index in [1.807, 2.05) is 48.5 Å². The Labute approximate surface area is 145 Å². The second-order valence-electron chi connectivity index (χ2n) is 6.57. The molecule has 2 unspecified atom stereocenters. The maximum atomic E-state index is 12.3. The summed E-state index contributed by atoms with van der Waals surface area (Å²) < 4.78 is 0. The zero-order chi connectivity index (χ0) is 16.7. The number of amides is 2. The van der Waals surface area contributed by atoms with Crippen LogP contribution in [0.1, 0.15) is 35.1 Å². The van der Waals surface area contributed by atoms with Crippen molar-refractivity contribution in [1.29, 1.82) is 0 Å². The van der Waals surface area contributed by atoms with Gasteiger partial charge in [-0.25, -0.2) is 4.79 Å². The maximum Gasteiger partial charge on any atom is 0.315 e. The number of rotatable bonds is 3. The maximum absolute atomic E-state index is 12.3. The summed E-state index contributed by atoms with van der Waals surface area (Å²) in [5, 5.41) is 16.8. The summed E-state index contributed by atoms with van der Waals surface area (Å²) in [6, 6.07) is 15.1. The first-order chi connectivity index (χ1) is 11.6. The summed E-state index contributed by atoms with van der Waals surface area (Å²) in [6.45, 7) is 0. The van der Waals surface area contributed by atoms with Gasteiger partial charge in [0.2, 0.25) is 0 Å². The number of hydrogen-bond donors (Lipinski definition) is 3. The lowest BCUT2D eigenvalue weighted by Crippen LogP contribution is -2.42. The van der Waals surface area contributed by atoms with E-state index in [1.54, 1.807) is 0 Å². The molecule has 4 rings (SSSR count). The number of carbonyl (C=O) groups excluding carboxylic acids is 1. The Morgan fingerprint density at radius 3 is 2.79 bits per heavy atom. The summed E-state index contributed by atoms with van der Waals surface area (Å²) in [5.74, 6) is 0.315. The molecular weight excluding hydrogens is 324 g/mol. The van der Waals surface area contributed by atoms with Crippen LogP contribution in [0.3, 0.4) is 0 Å². The lowest BCUT2D eigenvalue weighted by atomic mass is 10.1. The Morgan fingerprint density at radius 2 is 1.96 bits per heavy atom. The monoisotopic (exact) mass is 342 g/mol. The van der Waals surface area contributed by atoms with E-state index in [-0.39, 0.29) is 18.1 Å². The summed E-state index contributed by atoms with van der Waals surface area (Å²) >= 11 is 6.02. The van der Waals surface area contributed by atoms with Crippen LogP contribution in [0.5, 0.6) is 0 Å². The van der Waals surface area contributed by atoms with Crippen LogP contribution in [0, 0.1) is 0 Å². The van der Waals surface area contributed by atoms with Gasteiger partial charge in [0, 0.05) is 23.4 Å². The van der Waals surface area contributed by atoms with Crippen LogP contribution in [-0.4, -0.2) is 23.3 Å². The van der Waals surface area contributed by atoms with Gasteiger partial charge in [-0.3, -0.25) is 0 Å². The highest BCUT2D eigenvalue weighted by atomic mass is 35.5. The number of carbonyl (C=O) groups is 1. The predicted molar refractivity (Wildman–Crippen MR) is 93.2 cm³/mol. The van der Waals surface area contributed by atoms with Crippen LogP contribution in [0.15, 0.2) is 48.5 Å². The summed E-state index contributed by atoms with van der Waals surface area (Å²) in [7, 11) is 0. The molecule has 124 valence electrons. The first kappa shape index (κ1) is 15.5. The zero-order valence-electron chi connectivity index (χ0n) is 13.1. The minimum atomic E-state index is -0.573. The first-order valence-electron chi connectivity index (χ1n) is 8.20. The Bertz CT molecular complexity index is 779. The van der Waals surface area contributed by atoms with Gasteiger partial charge in [0.25, 0.3) is 0 Å². The van der Waals surface area contributed by atoms with Crippen molar-refractivity contribution in [2.24, 2.45) is 0 Å². The Morgan fingerprint density at radius 1 is 1.12 bits per heavy atom. The van der Waals surface area contributed by atoms with Crippen LogP contribution in [0.25, 0.3) is 0 Å². The van der Waals surface area contributed by atoms with E-state index in [0.29, 0.717) is 17.4 Å². The fraction of sp³-hybridized carbons (Fsp3) is 0.316. The van der Waals surface area contributed by atoms with Gasteiger partial charge in [-0.15, -0.1) is 0 Å². The quantitative estimate of drug-likeness (QED) is 0.802. The van der Waals surface area contributed by atoms with Crippen molar-refractivity contribution in [2.45, 2.75) is 36.9 Å². The Hall–Kier alpha value is -2.04. The van der Waals surface area contributed by atoms with Gasteiger partial charge in [0.15, 0.2) is 0 Å². The second kappa shape index (κ2) is 6.11. The average molecular weight is 343 g/mol. The van der Waals surface area contributed by atoms with E-state index in [9.17, 15) is 9.90 Å². The number of aliphatic hydroxyl groups is 1. The molecule has 0 radical (unpaired) electrons. The number of aliphatic hydroxyl groups excluding tert-OH is 1. The normalized spacial score (nSPS) is 27.4. The molecule has 2 amide bonds. The minimum absolute atomic E-state index is 0.122. The zero-order valence-corrected chi connectivity index (χ0v) is 13.8. The van der Waals surface area contributed by atoms with Crippen LogP contribution < -0.4 is 10.6 Å². The predicted octanol–water partition coefficient (Wildman–Crippen LogP) is 3.15. The molecule has 1 fully saturated rings. The number of hydrogen-bond acceptors (Lipinski definition) is 2. The molecule has 1 saturated carbocycles. The third-order valence-electron chi connectivity index (χ3n) is 4.87. The molecule has 0 spiro atoms. The van der Waals surface area contributed by atoms with Gasteiger partial charge < -0.3 is 15.7 Å². The lowest BCUT2D eigenvalue weighted by Gasteiger charge is -2.18. The standard InChI is InChI=1S/C19H19ClN2O2/c20-13-6-3-5-11(8-13)15-10-16(15)21-19(24)22-18-14-7-2-1-4-12(14)9-17(18)23/h1-8,15-18,23H,9-10H2,(H2,21,22,24)/t15?,16?,17-,18+/m0/s1. The van der Waals surface area contributed by atoms with Crippen LogP contribution in [0.2, 0.25) is 5.02 Å². The van der Waals surface area contributed by atoms with Gasteiger partial charge in [0.05, 0.1) is 12.1 Å². The van der Waals surface area contributed by atoms with Gasteiger partial charge >= 0.3 is 6.03 Å². The van der Waals surface area contributed by atoms with Crippen molar-refractivity contribution in [1.82, 2.24) is 10.6 Å². The summed E-state index contributed by atoms with van der Waals surface area (Å²) in [4.78, 5) is 12.3. The van der Waals surface area contributed by atoms with Crippen molar-refractivity contribution in [2.75, 3.05) is 0 Å². The first-order valence-corrected chi connectivity index (χ1v) is 8.58. The highest BCUT2D eigenvalue weighted by molar-refractivity contribution is 6.30. The molecule has 24 heavy (non-hydrogen) atoms. The largest absolute Gasteiger partial charge is 0.390 e. The van der Waals surface area contributed by atoms with E-state index >= 15 is 0 Å². The van der Waals surface area contributed by atoms with Crippen LogP contribution in [-0.2, 0) is 6.42 Å². The molecule has 3 N–H and O–H groups in total. The molecule has 4 nitrogen and oxygen atoms in total.